The number of benzene rings is 3. The molecule has 0 fully saturated rings. The molecule has 156 valence electrons. The minimum atomic E-state index is 0.0844. The van der Waals surface area contributed by atoms with E-state index in [1.165, 1.54) is 7.11 Å². The SMILES string of the molecule is COc1ccc(/C(=C(/C)c2cc(OC)c(OC)c(OC)c2)c2ccccc2)cc1O. The van der Waals surface area contributed by atoms with Crippen LogP contribution < -0.4 is 18.9 Å². The molecule has 5 nitrogen and oxygen atoms in total. The Morgan fingerprint density at radius 1 is 0.633 bits per heavy atom. The molecule has 0 radical (unpaired) electrons. The summed E-state index contributed by atoms with van der Waals surface area (Å²) in [5, 5.41) is 10.4. The molecule has 0 atom stereocenters. The Morgan fingerprint density at radius 3 is 1.73 bits per heavy atom. The first-order valence-corrected chi connectivity index (χ1v) is 9.48. The summed E-state index contributed by atoms with van der Waals surface area (Å²) in [6, 6.07) is 19.3. The second-order valence-corrected chi connectivity index (χ2v) is 6.67. The minimum Gasteiger partial charge on any atom is -0.504 e. The van der Waals surface area contributed by atoms with Gasteiger partial charge >= 0.3 is 0 Å². The van der Waals surface area contributed by atoms with E-state index < -0.39 is 0 Å². The quantitative estimate of drug-likeness (QED) is 0.532. The summed E-state index contributed by atoms with van der Waals surface area (Å²) in [7, 11) is 6.31. The van der Waals surface area contributed by atoms with Gasteiger partial charge in [-0.1, -0.05) is 36.4 Å². The normalized spacial score (nSPS) is 11.5. The van der Waals surface area contributed by atoms with Crippen LogP contribution in [0.3, 0.4) is 0 Å². The topological polar surface area (TPSA) is 57.2 Å². The minimum absolute atomic E-state index is 0.0844. The summed E-state index contributed by atoms with van der Waals surface area (Å²) in [5.41, 5.74) is 4.77. The van der Waals surface area contributed by atoms with Gasteiger partial charge in [0.25, 0.3) is 0 Å². The lowest BCUT2D eigenvalue weighted by Gasteiger charge is -2.18. The molecule has 30 heavy (non-hydrogen) atoms. The molecule has 0 spiro atoms. The molecule has 0 aliphatic heterocycles. The lowest BCUT2D eigenvalue weighted by molar-refractivity contribution is 0.324. The van der Waals surface area contributed by atoms with Crippen molar-refractivity contribution in [2.24, 2.45) is 0 Å². The molecule has 0 bridgehead atoms. The molecular formula is C25H26O5. The van der Waals surface area contributed by atoms with Crippen molar-refractivity contribution in [3.05, 3.63) is 77.4 Å². The molecule has 0 heterocycles. The van der Waals surface area contributed by atoms with E-state index in [2.05, 4.69) is 0 Å². The Balaban J connectivity index is 2.29. The first-order valence-electron chi connectivity index (χ1n) is 9.48. The number of hydrogen-bond donors (Lipinski definition) is 1. The second kappa shape index (κ2) is 9.27. The van der Waals surface area contributed by atoms with Gasteiger partial charge in [-0.3, -0.25) is 0 Å². The highest BCUT2D eigenvalue weighted by Gasteiger charge is 2.18. The Morgan fingerprint density at radius 2 is 1.23 bits per heavy atom. The molecule has 3 aromatic rings. The molecule has 3 aromatic carbocycles. The van der Waals surface area contributed by atoms with Crippen LogP contribution in [0.1, 0.15) is 23.6 Å². The van der Waals surface area contributed by atoms with Gasteiger partial charge in [-0.15, -0.1) is 0 Å². The molecule has 0 saturated carbocycles. The number of phenols is 1. The van der Waals surface area contributed by atoms with E-state index in [9.17, 15) is 5.11 Å². The Kier molecular flexibility index (Phi) is 6.52. The zero-order valence-electron chi connectivity index (χ0n) is 17.9. The average molecular weight is 406 g/mol. The zero-order valence-corrected chi connectivity index (χ0v) is 17.9. The van der Waals surface area contributed by atoms with Crippen LogP contribution in [0, 0.1) is 0 Å². The summed E-state index contributed by atoms with van der Waals surface area (Å²) in [4.78, 5) is 0. The summed E-state index contributed by atoms with van der Waals surface area (Å²) < 4.78 is 21.7. The largest absolute Gasteiger partial charge is 0.504 e. The molecule has 1 N–H and O–H groups in total. The van der Waals surface area contributed by atoms with Crippen LogP contribution in [0.5, 0.6) is 28.7 Å². The van der Waals surface area contributed by atoms with Gasteiger partial charge in [-0.25, -0.2) is 0 Å². The maximum atomic E-state index is 10.4. The van der Waals surface area contributed by atoms with Gasteiger partial charge in [-0.05, 0) is 59.0 Å². The third-order valence-corrected chi connectivity index (χ3v) is 5.00. The van der Waals surface area contributed by atoms with Crippen LogP contribution in [0.2, 0.25) is 0 Å². The van der Waals surface area contributed by atoms with E-state index in [-0.39, 0.29) is 5.75 Å². The maximum Gasteiger partial charge on any atom is 0.203 e. The van der Waals surface area contributed by atoms with Crippen molar-refractivity contribution in [1.82, 2.24) is 0 Å². The van der Waals surface area contributed by atoms with E-state index in [4.69, 9.17) is 18.9 Å². The van der Waals surface area contributed by atoms with E-state index in [1.807, 2.05) is 55.5 Å². The molecule has 0 unspecified atom stereocenters. The molecule has 0 saturated heterocycles. The van der Waals surface area contributed by atoms with Crippen LogP contribution >= 0.6 is 0 Å². The summed E-state index contributed by atoms with van der Waals surface area (Å²) in [6.45, 7) is 2.03. The third-order valence-electron chi connectivity index (χ3n) is 5.00. The van der Waals surface area contributed by atoms with Gasteiger partial charge in [0.05, 0.1) is 28.4 Å². The van der Waals surface area contributed by atoms with E-state index in [0.717, 1.165) is 27.8 Å². The Labute approximate surface area is 177 Å². The van der Waals surface area contributed by atoms with Crippen LogP contribution in [-0.2, 0) is 0 Å². The number of hydrogen-bond acceptors (Lipinski definition) is 5. The van der Waals surface area contributed by atoms with Crippen LogP contribution in [0.25, 0.3) is 11.1 Å². The third kappa shape index (κ3) is 4.06. The number of ether oxygens (including phenoxy) is 4. The fourth-order valence-corrected chi connectivity index (χ4v) is 3.49. The lowest BCUT2D eigenvalue weighted by Crippen LogP contribution is -1.98. The number of rotatable bonds is 7. The van der Waals surface area contributed by atoms with Gasteiger partial charge in [-0.2, -0.15) is 0 Å². The zero-order chi connectivity index (χ0) is 21.7. The molecule has 3 rings (SSSR count). The highest BCUT2D eigenvalue weighted by atomic mass is 16.5. The second-order valence-electron chi connectivity index (χ2n) is 6.67. The number of aromatic hydroxyl groups is 1. The van der Waals surface area contributed by atoms with Gasteiger partial charge < -0.3 is 24.1 Å². The Hall–Kier alpha value is -3.60. The Bertz CT molecular complexity index is 1030. The molecule has 5 heteroatoms. The van der Waals surface area contributed by atoms with E-state index >= 15 is 0 Å². The molecule has 0 aliphatic rings. The van der Waals surface area contributed by atoms with Gasteiger partial charge in [0.1, 0.15) is 0 Å². The van der Waals surface area contributed by atoms with Gasteiger partial charge in [0.15, 0.2) is 23.0 Å². The summed E-state index contributed by atoms with van der Waals surface area (Å²) in [5.74, 6) is 2.21. The predicted octanol–water partition coefficient (Wildman–Crippen LogP) is 5.41. The number of methoxy groups -OCH3 is 4. The number of phenolic OH excluding ortho intramolecular Hbond substituents is 1. The predicted molar refractivity (Wildman–Crippen MR) is 119 cm³/mol. The van der Waals surface area contributed by atoms with Crippen molar-refractivity contribution < 1.29 is 24.1 Å². The molecular weight excluding hydrogens is 380 g/mol. The van der Waals surface area contributed by atoms with Gasteiger partial charge in [0, 0.05) is 0 Å². The monoisotopic (exact) mass is 406 g/mol. The average Bonchev–Trinajstić information content (AvgIpc) is 2.78. The first-order chi connectivity index (χ1) is 14.5. The van der Waals surface area contributed by atoms with Crippen molar-refractivity contribution in [2.75, 3.05) is 28.4 Å². The van der Waals surface area contributed by atoms with Crippen molar-refractivity contribution in [3.63, 3.8) is 0 Å². The van der Waals surface area contributed by atoms with Crippen molar-refractivity contribution >= 4 is 11.1 Å². The lowest BCUT2D eigenvalue weighted by atomic mass is 9.90. The summed E-state index contributed by atoms with van der Waals surface area (Å²) >= 11 is 0. The summed E-state index contributed by atoms with van der Waals surface area (Å²) in [6.07, 6.45) is 0. The van der Waals surface area contributed by atoms with Crippen LogP contribution in [0.4, 0.5) is 0 Å². The highest BCUT2D eigenvalue weighted by Crippen LogP contribution is 2.42. The van der Waals surface area contributed by atoms with Gasteiger partial charge in [0.2, 0.25) is 5.75 Å². The van der Waals surface area contributed by atoms with E-state index in [0.29, 0.717) is 23.0 Å². The standard InChI is InChI=1S/C25H26O5/c1-16(19-14-22(28-3)25(30-5)23(15-19)29-4)24(17-9-7-6-8-10-17)18-11-12-21(27-2)20(26)13-18/h6-15,26H,1-5H3/b24-16-. The van der Waals surface area contributed by atoms with Crippen molar-refractivity contribution in [3.8, 4) is 28.7 Å². The highest BCUT2D eigenvalue weighted by molar-refractivity contribution is 5.98. The maximum absolute atomic E-state index is 10.4. The van der Waals surface area contributed by atoms with E-state index in [1.54, 1.807) is 33.5 Å². The van der Waals surface area contributed by atoms with Crippen LogP contribution in [-0.4, -0.2) is 33.5 Å². The molecule has 0 aromatic heterocycles. The first kappa shape index (κ1) is 21.1. The molecule has 0 aliphatic carbocycles. The molecule has 0 amide bonds. The van der Waals surface area contributed by atoms with Crippen molar-refractivity contribution in [2.45, 2.75) is 6.92 Å². The fraction of sp³-hybridized carbons (Fsp3) is 0.200. The fourth-order valence-electron chi connectivity index (χ4n) is 3.49. The van der Waals surface area contributed by atoms with Crippen molar-refractivity contribution in [1.29, 1.82) is 0 Å². The van der Waals surface area contributed by atoms with Crippen LogP contribution in [0.15, 0.2) is 60.7 Å². The smallest absolute Gasteiger partial charge is 0.203 e. The number of allylic oxidation sites excluding steroid dienone is 1.